The highest BCUT2D eigenvalue weighted by Crippen LogP contribution is 2.44. The fraction of sp³-hybridized carbons (Fsp3) is 0. The zero-order chi connectivity index (χ0) is 41.6. The van der Waals surface area contributed by atoms with E-state index in [-0.39, 0.29) is 0 Å². The summed E-state index contributed by atoms with van der Waals surface area (Å²) in [7, 11) is 0. The van der Waals surface area contributed by atoms with Gasteiger partial charge in [0.2, 0.25) is 0 Å². The highest BCUT2D eigenvalue weighted by atomic mass is 15.0. The Balaban J connectivity index is 1.05. The third-order valence-electron chi connectivity index (χ3n) is 14.1. The molecule has 0 radical (unpaired) electrons. The van der Waals surface area contributed by atoms with Crippen molar-refractivity contribution >= 4 is 108 Å². The molecule has 3 aromatic heterocycles. The van der Waals surface area contributed by atoms with Crippen LogP contribution in [0.25, 0.3) is 142 Å². The van der Waals surface area contributed by atoms with Crippen LogP contribution >= 0.6 is 0 Å². The largest absolute Gasteiger partial charge is 0.309 e. The Morgan fingerprint density at radius 1 is 0.266 bits per heavy atom. The summed E-state index contributed by atoms with van der Waals surface area (Å²) in [5.74, 6) is 0. The Morgan fingerprint density at radius 2 is 0.719 bits per heavy atom. The minimum Gasteiger partial charge on any atom is -0.309 e. The molecule has 0 saturated carbocycles. The summed E-state index contributed by atoms with van der Waals surface area (Å²) in [6.45, 7) is 0. The molecule has 3 heteroatoms. The predicted molar refractivity (Wildman–Crippen MR) is 271 cm³/mol. The second-order valence-corrected chi connectivity index (χ2v) is 17.5. The summed E-state index contributed by atoms with van der Waals surface area (Å²) < 4.78 is 4.93. The Kier molecular flexibility index (Phi) is 6.68. The number of hydrogen-bond donors (Lipinski definition) is 0. The second kappa shape index (κ2) is 12.5. The molecular weight excluding hydrogens is 775 g/mol. The van der Waals surface area contributed by atoms with Crippen LogP contribution in [0.1, 0.15) is 0 Å². The van der Waals surface area contributed by atoms with E-state index in [0.717, 1.165) is 44.9 Å². The van der Waals surface area contributed by atoms with Gasteiger partial charge in [0.25, 0.3) is 0 Å². The fourth-order valence-electron chi connectivity index (χ4n) is 11.4. The molecule has 0 aliphatic carbocycles. The first-order valence-electron chi connectivity index (χ1n) is 22.1. The maximum absolute atomic E-state index is 5.63. The third-order valence-corrected chi connectivity index (χ3v) is 14.1. The van der Waals surface area contributed by atoms with Crippen molar-refractivity contribution in [3.8, 4) is 33.9 Å². The molecule has 64 heavy (non-hydrogen) atoms. The molecule has 0 N–H and O–H groups in total. The van der Waals surface area contributed by atoms with Gasteiger partial charge in [0.05, 0.1) is 39.1 Å². The highest BCUT2D eigenvalue weighted by Gasteiger charge is 2.22. The monoisotopic (exact) mass is 809 g/mol. The zero-order valence-electron chi connectivity index (χ0n) is 34.5. The number of aromatic nitrogens is 3. The molecule has 15 aromatic rings. The van der Waals surface area contributed by atoms with E-state index in [1.165, 1.54) is 97.2 Å². The van der Waals surface area contributed by atoms with Gasteiger partial charge in [0.15, 0.2) is 0 Å². The average Bonchev–Trinajstić information content (AvgIpc) is 3.88. The summed E-state index contributed by atoms with van der Waals surface area (Å²) in [5, 5.41) is 20.2. The van der Waals surface area contributed by atoms with Gasteiger partial charge >= 0.3 is 0 Å². The lowest BCUT2D eigenvalue weighted by atomic mass is 9.91. The number of pyridine rings is 1. The van der Waals surface area contributed by atoms with Crippen LogP contribution in [0.5, 0.6) is 0 Å². The molecule has 0 fully saturated rings. The van der Waals surface area contributed by atoms with Gasteiger partial charge < -0.3 is 9.13 Å². The molecule has 0 atom stereocenters. The van der Waals surface area contributed by atoms with Crippen molar-refractivity contribution in [1.82, 2.24) is 14.1 Å². The van der Waals surface area contributed by atoms with Crippen LogP contribution in [0, 0.1) is 0 Å². The predicted octanol–water partition coefficient (Wildman–Crippen LogP) is 16.4. The molecule has 0 aliphatic heterocycles. The van der Waals surface area contributed by atoms with Gasteiger partial charge in [0, 0.05) is 38.4 Å². The van der Waals surface area contributed by atoms with Crippen LogP contribution in [0.15, 0.2) is 212 Å². The van der Waals surface area contributed by atoms with E-state index in [2.05, 4.69) is 221 Å². The molecule has 0 amide bonds. The standard InChI is InChI=1S/C61H35N3/c1-2-14-46(15-3-1)64-53-18-6-4-16-48(53)49-28-29-55-60(61(49)64)50-17-5-7-19-54(50)63(55)47-34-51(44-30-40-24-20-36-10-8-11-37-21-25-41(31-44)58(40)56(36)37)62-52(35-47)45-32-42-26-22-38-12-9-13-39-23-27-43(33-45)59(42)57(38)39/h1-35H. The van der Waals surface area contributed by atoms with Gasteiger partial charge in [0.1, 0.15) is 0 Å². The number of benzene rings is 12. The first-order chi connectivity index (χ1) is 31.7. The van der Waals surface area contributed by atoms with E-state index in [9.17, 15) is 0 Å². The number of nitrogens with zero attached hydrogens (tertiary/aromatic N) is 3. The van der Waals surface area contributed by atoms with E-state index in [4.69, 9.17) is 4.98 Å². The minimum atomic E-state index is 0.938. The minimum absolute atomic E-state index is 0.938. The van der Waals surface area contributed by atoms with Crippen LogP contribution in [0.3, 0.4) is 0 Å². The number of rotatable bonds is 4. The van der Waals surface area contributed by atoms with E-state index in [0.29, 0.717) is 0 Å². The van der Waals surface area contributed by atoms with Crippen LogP contribution in [-0.2, 0) is 0 Å². The highest BCUT2D eigenvalue weighted by molar-refractivity contribution is 6.27. The van der Waals surface area contributed by atoms with E-state index >= 15 is 0 Å². The Hall–Kier alpha value is -8.53. The van der Waals surface area contributed by atoms with Crippen molar-refractivity contribution < 1.29 is 0 Å². The summed E-state index contributed by atoms with van der Waals surface area (Å²) in [6, 6.07) is 78.6. The maximum Gasteiger partial charge on any atom is 0.0730 e. The molecular formula is C61H35N3. The lowest BCUT2D eigenvalue weighted by Gasteiger charge is -2.16. The molecule has 0 spiro atoms. The zero-order valence-corrected chi connectivity index (χ0v) is 34.5. The fourth-order valence-corrected chi connectivity index (χ4v) is 11.4. The molecule has 0 bridgehead atoms. The van der Waals surface area contributed by atoms with Gasteiger partial charge in [-0.05, 0) is 131 Å². The van der Waals surface area contributed by atoms with E-state index in [1.54, 1.807) is 0 Å². The van der Waals surface area contributed by atoms with Crippen molar-refractivity contribution in [1.29, 1.82) is 0 Å². The van der Waals surface area contributed by atoms with Crippen LogP contribution in [0.4, 0.5) is 0 Å². The molecule has 12 aromatic carbocycles. The number of para-hydroxylation sites is 3. The van der Waals surface area contributed by atoms with Crippen molar-refractivity contribution in [3.63, 3.8) is 0 Å². The van der Waals surface area contributed by atoms with Crippen molar-refractivity contribution in [2.45, 2.75) is 0 Å². The lowest BCUT2D eigenvalue weighted by Crippen LogP contribution is -1.99. The summed E-state index contributed by atoms with van der Waals surface area (Å²) in [6.07, 6.45) is 0. The van der Waals surface area contributed by atoms with Gasteiger partial charge in [-0.2, -0.15) is 0 Å². The van der Waals surface area contributed by atoms with Crippen LogP contribution in [-0.4, -0.2) is 14.1 Å². The second-order valence-electron chi connectivity index (χ2n) is 17.5. The smallest absolute Gasteiger partial charge is 0.0730 e. The summed E-state index contributed by atoms with van der Waals surface area (Å²) in [4.78, 5) is 5.63. The number of fused-ring (bicyclic) bond motifs is 7. The van der Waals surface area contributed by atoms with E-state index in [1.807, 2.05) is 0 Å². The normalized spacial score (nSPS) is 12.4. The third kappa shape index (κ3) is 4.62. The van der Waals surface area contributed by atoms with Gasteiger partial charge in [-0.1, -0.05) is 146 Å². The molecule has 3 heterocycles. The SMILES string of the molecule is c1ccc(-n2c3ccccc3c3ccc4c(c5ccccc5n4-c4cc(-c5cc6ccc7cccc8ccc(c5)c6c78)nc(-c5cc6ccc7cccc8ccc(c5)c6c78)c4)c32)cc1. The molecule has 15 rings (SSSR count). The summed E-state index contributed by atoms with van der Waals surface area (Å²) >= 11 is 0. The van der Waals surface area contributed by atoms with Crippen molar-refractivity contribution in [2.24, 2.45) is 0 Å². The molecule has 294 valence electrons. The van der Waals surface area contributed by atoms with Crippen LogP contribution in [0.2, 0.25) is 0 Å². The Bertz CT molecular complexity index is 4120. The molecule has 3 nitrogen and oxygen atoms in total. The molecule has 0 unspecified atom stereocenters. The topological polar surface area (TPSA) is 22.8 Å². The first kappa shape index (κ1) is 34.1. The molecule has 0 saturated heterocycles. The van der Waals surface area contributed by atoms with E-state index < -0.39 is 0 Å². The molecule has 0 aliphatic rings. The van der Waals surface area contributed by atoms with Crippen molar-refractivity contribution in [2.75, 3.05) is 0 Å². The summed E-state index contributed by atoms with van der Waals surface area (Å²) in [5.41, 5.74) is 11.0. The number of hydrogen-bond acceptors (Lipinski definition) is 1. The van der Waals surface area contributed by atoms with Crippen LogP contribution < -0.4 is 0 Å². The quantitative estimate of drug-likeness (QED) is 0.162. The Morgan fingerprint density at radius 3 is 1.27 bits per heavy atom. The lowest BCUT2D eigenvalue weighted by molar-refractivity contribution is 1.16. The van der Waals surface area contributed by atoms with Gasteiger partial charge in [-0.25, -0.2) is 4.98 Å². The maximum atomic E-state index is 5.63. The Labute approximate surface area is 366 Å². The first-order valence-corrected chi connectivity index (χ1v) is 22.1. The average molecular weight is 810 g/mol. The van der Waals surface area contributed by atoms with Crippen molar-refractivity contribution in [3.05, 3.63) is 212 Å². The van der Waals surface area contributed by atoms with Gasteiger partial charge in [-0.3, -0.25) is 0 Å². The van der Waals surface area contributed by atoms with Gasteiger partial charge in [-0.15, -0.1) is 0 Å².